The highest BCUT2D eigenvalue weighted by molar-refractivity contribution is 6.46. The fourth-order valence-corrected chi connectivity index (χ4v) is 7.30. The summed E-state index contributed by atoms with van der Waals surface area (Å²) in [7, 11) is 0. The van der Waals surface area contributed by atoms with Crippen LogP contribution in [0, 0.1) is 5.41 Å². The average Bonchev–Trinajstić information content (AvgIpc) is 3.53. The molecule has 4 aromatic carbocycles. The van der Waals surface area contributed by atoms with Gasteiger partial charge in [-0.15, -0.1) is 0 Å². The van der Waals surface area contributed by atoms with Crippen LogP contribution in [0.2, 0.25) is 0 Å². The monoisotopic (exact) mass is 542 g/mol. The Morgan fingerprint density at radius 2 is 0.951 bits per heavy atom. The van der Waals surface area contributed by atoms with E-state index in [1.807, 2.05) is 121 Å². The molecule has 4 aromatic rings. The minimum atomic E-state index is -1.99. The first-order valence-electron chi connectivity index (χ1n) is 13.9. The number of benzene rings is 4. The van der Waals surface area contributed by atoms with E-state index in [4.69, 9.17) is 9.47 Å². The van der Waals surface area contributed by atoms with Gasteiger partial charge in [-0.2, -0.15) is 0 Å². The van der Waals surface area contributed by atoms with Crippen molar-refractivity contribution in [2.24, 2.45) is 5.41 Å². The lowest BCUT2D eigenvalue weighted by Gasteiger charge is -2.28. The van der Waals surface area contributed by atoms with Crippen molar-refractivity contribution < 1.29 is 23.9 Å². The van der Waals surface area contributed by atoms with Crippen LogP contribution in [0.4, 0.5) is 0 Å². The zero-order valence-corrected chi connectivity index (χ0v) is 23.0. The summed E-state index contributed by atoms with van der Waals surface area (Å²) in [4.78, 5) is 44.4. The van der Waals surface area contributed by atoms with E-state index in [0.29, 0.717) is 22.3 Å². The van der Waals surface area contributed by atoms with Crippen molar-refractivity contribution in [3.8, 4) is 0 Å². The summed E-state index contributed by atoms with van der Waals surface area (Å²) in [6, 6.07) is 37.6. The third-order valence-electron chi connectivity index (χ3n) is 8.52. The molecule has 5 heteroatoms. The molecule has 1 fully saturated rings. The third kappa shape index (κ3) is 3.20. The highest BCUT2D eigenvalue weighted by atomic mass is 16.6. The van der Waals surface area contributed by atoms with Crippen molar-refractivity contribution in [1.29, 1.82) is 0 Å². The maximum Gasteiger partial charge on any atom is 0.326 e. The molecule has 0 spiro atoms. The Bertz CT molecular complexity index is 1630. The summed E-state index contributed by atoms with van der Waals surface area (Å²) < 4.78 is 11.5. The first kappa shape index (κ1) is 26.5. The zero-order chi connectivity index (χ0) is 28.7. The van der Waals surface area contributed by atoms with Crippen LogP contribution in [0.15, 0.2) is 121 Å². The molecule has 2 aliphatic rings. The second kappa shape index (κ2) is 10.0. The number of allylic oxidation sites excluding steroid dienone is 2. The van der Waals surface area contributed by atoms with E-state index in [1.54, 1.807) is 13.8 Å². The molecular formula is C36H30O5. The second-order valence-electron chi connectivity index (χ2n) is 10.2. The van der Waals surface area contributed by atoms with E-state index in [9.17, 15) is 9.59 Å². The highest BCUT2D eigenvalue weighted by Crippen LogP contribution is 2.88. The van der Waals surface area contributed by atoms with E-state index in [2.05, 4.69) is 0 Å². The Labute approximate surface area is 239 Å². The van der Waals surface area contributed by atoms with Crippen LogP contribution in [0.25, 0.3) is 11.1 Å². The summed E-state index contributed by atoms with van der Waals surface area (Å²) in [6.45, 7) is 3.48. The highest BCUT2D eigenvalue weighted by Gasteiger charge is 3.02. The van der Waals surface area contributed by atoms with Crippen LogP contribution < -0.4 is 0 Å². The average molecular weight is 543 g/mol. The molecule has 204 valence electrons. The standard InChI is InChI=1S/C36H30O5/c1-3-40-32(38)36(33(39)41-4-2)34(27-21-13-7-14-22-27)30(26-19-11-6-12-20-26)29(25-17-9-5-10-18-25)31(37)35(34,36)28-23-15-8-16-24-28/h5-24H,3-4H2,1-2H3. The number of rotatable bonds is 8. The van der Waals surface area contributed by atoms with Gasteiger partial charge in [0.05, 0.1) is 18.6 Å². The second-order valence-corrected chi connectivity index (χ2v) is 10.2. The lowest BCUT2D eigenvalue weighted by atomic mass is 9.75. The molecule has 0 N–H and O–H groups in total. The van der Waals surface area contributed by atoms with E-state index in [0.717, 1.165) is 11.1 Å². The maximum atomic E-state index is 15.4. The molecule has 2 unspecified atom stereocenters. The van der Waals surface area contributed by atoms with Gasteiger partial charge in [-0.25, -0.2) is 0 Å². The fourth-order valence-electron chi connectivity index (χ4n) is 7.30. The van der Waals surface area contributed by atoms with E-state index in [-0.39, 0.29) is 19.0 Å². The van der Waals surface area contributed by atoms with Gasteiger partial charge >= 0.3 is 11.9 Å². The summed E-state index contributed by atoms with van der Waals surface area (Å²) in [5.41, 5.74) is -1.28. The van der Waals surface area contributed by atoms with Crippen LogP contribution in [0.5, 0.6) is 0 Å². The molecule has 5 nitrogen and oxygen atoms in total. The lowest BCUT2D eigenvalue weighted by molar-refractivity contribution is -0.167. The molecule has 2 aliphatic carbocycles. The van der Waals surface area contributed by atoms with Crippen LogP contribution in [0.1, 0.15) is 36.1 Å². The number of carbonyl (C=O) groups is 3. The number of esters is 2. The molecule has 6 rings (SSSR count). The minimum absolute atomic E-state index is 0.0415. The van der Waals surface area contributed by atoms with Gasteiger partial charge in [0.2, 0.25) is 0 Å². The Balaban J connectivity index is 1.87. The molecule has 0 saturated heterocycles. The maximum absolute atomic E-state index is 15.4. The first-order chi connectivity index (χ1) is 20.0. The smallest absolute Gasteiger partial charge is 0.326 e. The molecule has 1 saturated carbocycles. The zero-order valence-electron chi connectivity index (χ0n) is 23.0. The summed E-state index contributed by atoms with van der Waals surface area (Å²) in [5.74, 6) is -1.83. The van der Waals surface area contributed by atoms with Crippen molar-refractivity contribution >= 4 is 28.9 Å². The first-order valence-corrected chi connectivity index (χ1v) is 13.9. The van der Waals surface area contributed by atoms with Crippen LogP contribution in [0.3, 0.4) is 0 Å². The van der Waals surface area contributed by atoms with Crippen molar-refractivity contribution in [1.82, 2.24) is 0 Å². The molecule has 2 atom stereocenters. The van der Waals surface area contributed by atoms with Gasteiger partial charge in [-0.3, -0.25) is 14.4 Å². The molecule has 0 bridgehead atoms. The Morgan fingerprint density at radius 1 is 0.561 bits per heavy atom. The van der Waals surface area contributed by atoms with Gasteiger partial charge < -0.3 is 9.47 Å². The Kier molecular flexibility index (Phi) is 6.46. The molecule has 0 aliphatic heterocycles. The van der Waals surface area contributed by atoms with E-state index < -0.39 is 28.2 Å². The normalized spacial score (nSPS) is 22.1. The Morgan fingerprint density at radius 3 is 1.39 bits per heavy atom. The number of ether oxygens (including phenoxy) is 2. The predicted molar refractivity (Wildman–Crippen MR) is 157 cm³/mol. The predicted octanol–water partition coefficient (Wildman–Crippen LogP) is 6.18. The summed E-state index contributed by atoms with van der Waals surface area (Å²) >= 11 is 0. The van der Waals surface area contributed by atoms with Crippen molar-refractivity contribution in [3.63, 3.8) is 0 Å². The molecule has 0 radical (unpaired) electrons. The molecule has 41 heavy (non-hydrogen) atoms. The number of hydrogen-bond donors (Lipinski definition) is 0. The van der Waals surface area contributed by atoms with Crippen LogP contribution in [-0.4, -0.2) is 30.9 Å². The van der Waals surface area contributed by atoms with Crippen molar-refractivity contribution in [2.75, 3.05) is 13.2 Å². The molecular weight excluding hydrogens is 512 g/mol. The molecule has 0 amide bonds. The number of fused-ring (bicyclic) bond motifs is 1. The number of hydrogen-bond acceptors (Lipinski definition) is 5. The largest absolute Gasteiger partial charge is 0.465 e. The fraction of sp³-hybridized carbons (Fsp3) is 0.194. The van der Waals surface area contributed by atoms with Gasteiger partial charge in [0.15, 0.2) is 11.2 Å². The topological polar surface area (TPSA) is 69.7 Å². The van der Waals surface area contributed by atoms with E-state index in [1.165, 1.54) is 0 Å². The van der Waals surface area contributed by atoms with Gasteiger partial charge in [-0.1, -0.05) is 121 Å². The van der Waals surface area contributed by atoms with E-state index >= 15 is 4.79 Å². The van der Waals surface area contributed by atoms with Gasteiger partial charge in [-0.05, 0) is 41.7 Å². The minimum Gasteiger partial charge on any atom is -0.465 e. The third-order valence-corrected chi connectivity index (χ3v) is 8.52. The SMILES string of the molecule is CCOC(=O)C1(C(=O)OCC)C2(c3ccccc3)C(=O)C(c3ccccc3)=C(c3ccccc3)C12c1ccccc1. The summed E-state index contributed by atoms with van der Waals surface area (Å²) in [6.07, 6.45) is 0. The number of Topliss-reactive ketones (excluding diaryl/α,β-unsaturated/α-hetero) is 1. The van der Waals surface area contributed by atoms with Crippen LogP contribution >= 0.6 is 0 Å². The van der Waals surface area contributed by atoms with Crippen molar-refractivity contribution in [3.05, 3.63) is 144 Å². The van der Waals surface area contributed by atoms with Gasteiger partial charge in [0, 0.05) is 5.57 Å². The number of ketones is 1. The van der Waals surface area contributed by atoms with Gasteiger partial charge in [0.25, 0.3) is 0 Å². The molecule has 0 heterocycles. The lowest BCUT2D eigenvalue weighted by Crippen LogP contribution is -2.42. The summed E-state index contributed by atoms with van der Waals surface area (Å²) in [5, 5.41) is 0. The van der Waals surface area contributed by atoms with Gasteiger partial charge in [0.1, 0.15) is 5.41 Å². The quantitative estimate of drug-likeness (QED) is 0.196. The number of carbonyl (C=O) groups excluding carboxylic acids is 3. The van der Waals surface area contributed by atoms with Crippen molar-refractivity contribution in [2.45, 2.75) is 24.7 Å². The molecule has 0 aromatic heterocycles. The Hall–Kier alpha value is -4.77. The van der Waals surface area contributed by atoms with Crippen LogP contribution in [-0.2, 0) is 34.7 Å².